The molecule has 0 saturated heterocycles. The van der Waals surface area contributed by atoms with Crippen LogP contribution in [0.5, 0.6) is 0 Å². The molecular formula is C9H9BrF3MgNO. The Morgan fingerprint density at radius 2 is 1.81 bits per heavy atom. The van der Waals surface area contributed by atoms with E-state index in [1.165, 1.54) is 6.92 Å². The van der Waals surface area contributed by atoms with Crippen LogP contribution in [0.4, 0.5) is 13.2 Å². The molecule has 16 heavy (non-hydrogen) atoms. The normalized spacial score (nSPS) is 9.25. The number of pyridine rings is 1. The molecule has 0 fully saturated rings. The first-order valence-corrected chi connectivity index (χ1v) is 3.45. The summed E-state index contributed by atoms with van der Waals surface area (Å²) < 4.78 is 36.0. The molecule has 0 saturated carbocycles. The molecule has 0 bridgehead atoms. The van der Waals surface area contributed by atoms with Crippen molar-refractivity contribution < 1.29 is 34.9 Å². The zero-order chi connectivity index (χ0) is 10.1. The molecule has 0 radical (unpaired) electrons. The van der Waals surface area contributed by atoms with Gasteiger partial charge in [0.2, 0.25) is 0 Å². The van der Waals surface area contributed by atoms with Crippen molar-refractivity contribution >= 4 is 28.8 Å². The molecular weight excluding hydrogens is 299 g/mol. The number of hydrogen-bond acceptors (Lipinski definition) is 2. The fourth-order valence-corrected chi connectivity index (χ4v) is 0.770. The molecule has 1 heterocycles. The molecule has 0 aliphatic carbocycles. The SMILES string of the molecule is CC(=O)c1ccc(C(F)(F)F)cn1.[Br-].[CH3-].[Mg+2]. The Bertz CT molecular complexity index is 327. The minimum Gasteiger partial charge on any atom is -1.00 e. The van der Waals surface area contributed by atoms with Crippen molar-refractivity contribution in [2.45, 2.75) is 13.1 Å². The monoisotopic (exact) mass is 307 g/mol. The molecule has 1 aromatic heterocycles. The fourth-order valence-electron chi connectivity index (χ4n) is 0.770. The van der Waals surface area contributed by atoms with Crippen LogP contribution in [0.25, 0.3) is 0 Å². The van der Waals surface area contributed by atoms with Gasteiger partial charge in [0.15, 0.2) is 5.78 Å². The quantitative estimate of drug-likeness (QED) is 0.393. The standard InChI is InChI=1S/C8H6F3NO.CH3.BrH.Mg/c1-5(13)7-3-2-6(4-12-7)8(9,10)11;;;/h2-4H,1H3;1H3;1H;/q;-1;;+2/p-1. The van der Waals surface area contributed by atoms with Gasteiger partial charge in [0.05, 0.1) is 5.56 Å². The average molecular weight is 308 g/mol. The number of nitrogens with zero attached hydrogens (tertiary/aromatic N) is 1. The maximum absolute atomic E-state index is 12.0. The van der Waals surface area contributed by atoms with Crippen LogP contribution in [0.3, 0.4) is 0 Å². The number of ketones is 1. The van der Waals surface area contributed by atoms with Crippen molar-refractivity contribution in [1.29, 1.82) is 0 Å². The van der Waals surface area contributed by atoms with Crippen LogP contribution < -0.4 is 17.0 Å². The van der Waals surface area contributed by atoms with Crippen molar-refractivity contribution in [3.8, 4) is 0 Å². The molecule has 0 unspecified atom stereocenters. The van der Waals surface area contributed by atoms with Crippen LogP contribution in [0.1, 0.15) is 23.0 Å². The first-order valence-electron chi connectivity index (χ1n) is 3.45. The van der Waals surface area contributed by atoms with E-state index in [-0.39, 0.29) is 58.9 Å². The molecule has 0 aromatic carbocycles. The van der Waals surface area contributed by atoms with E-state index in [1.807, 2.05) is 0 Å². The molecule has 86 valence electrons. The smallest absolute Gasteiger partial charge is 1.00 e. The van der Waals surface area contributed by atoms with Crippen LogP contribution >= 0.6 is 0 Å². The minimum absolute atomic E-state index is 0. The van der Waals surface area contributed by atoms with Crippen molar-refractivity contribution in [1.82, 2.24) is 4.98 Å². The number of aromatic nitrogens is 1. The van der Waals surface area contributed by atoms with Gasteiger partial charge in [-0.25, -0.2) is 0 Å². The molecule has 0 N–H and O–H groups in total. The summed E-state index contributed by atoms with van der Waals surface area (Å²) in [6, 6.07) is 1.90. The second-order valence-electron chi connectivity index (χ2n) is 2.49. The number of rotatable bonds is 1. The van der Waals surface area contributed by atoms with E-state index in [0.29, 0.717) is 6.20 Å². The number of halogens is 4. The van der Waals surface area contributed by atoms with Gasteiger partial charge < -0.3 is 24.4 Å². The third kappa shape index (κ3) is 5.81. The van der Waals surface area contributed by atoms with Gasteiger partial charge in [-0.3, -0.25) is 9.78 Å². The number of alkyl halides is 3. The summed E-state index contributed by atoms with van der Waals surface area (Å²) in [7, 11) is 0. The van der Waals surface area contributed by atoms with Crippen LogP contribution in [-0.4, -0.2) is 33.8 Å². The van der Waals surface area contributed by atoms with E-state index in [9.17, 15) is 18.0 Å². The molecule has 0 amide bonds. The summed E-state index contributed by atoms with van der Waals surface area (Å²) in [5.41, 5.74) is -0.814. The Labute approximate surface area is 119 Å². The maximum atomic E-state index is 12.0. The van der Waals surface area contributed by atoms with Gasteiger partial charge in [-0.2, -0.15) is 13.2 Å². The number of carbonyl (C=O) groups excluding carboxylic acids is 1. The summed E-state index contributed by atoms with van der Waals surface area (Å²) in [6.07, 6.45) is -3.75. The van der Waals surface area contributed by atoms with E-state index >= 15 is 0 Å². The van der Waals surface area contributed by atoms with Crippen LogP contribution in [0.15, 0.2) is 18.3 Å². The third-order valence-electron chi connectivity index (χ3n) is 1.45. The predicted molar refractivity (Wildman–Crippen MR) is 51.4 cm³/mol. The van der Waals surface area contributed by atoms with Crippen molar-refractivity contribution in [2.75, 3.05) is 0 Å². The van der Waals surface area contributed by atoms with Gasteiger partial charge in [0.25, 0.3) is 0 Å². The second-order valence-corrected chi connectivity index (χ2v) is 2.49. The van der Waals surface area contributed by atoms with Crippen molar-refractivity contribution in [3.63, 3.8) is 0 Å². The molecule has 1 aromatic rings. The molecule has 0 aliphatic heterocycles. The summed E-state index contributed by atoms with van der Waals surface area (Å²) in [5, 5.41) is 0. The van der Waals surface area contributed by atoms with Gasteiger partial charge in [-0.05, 0) is 12.1 Å². The zero-order valence-corrected chi connectivity index (χ0v) is 11.8. The Hall–Kier alpha value is -0.144. The van der Waals surface area contributed by atoms with E-state index < -0.39 is 11.7 Å². The molecule has 0 atom stereocenters. The molecule has 1 rings (SSSR count). The minimum atomic E-state index is -4.40. The molecule has 0 spiro atoms. The molecule has 0 aliphatic rings. The average Bonchev–Trinajstić information content (AvgIpc) is 2.03. The summed E-state index contributed by atoms with van der Waals surface area (Å²) in [4.78, 5) is 14.0. The van der Waals surface area contributed by atoms with Crippen molar-refractivity contribution in [3.05, 3.63) is 37.0 Å². The maximum Gasteiger partial charge on any atom is 2.00 e. The van der Waals surface area contributed by atoms with Gasteiger partial charge in [0.1, 0.15) is 5.69 Å². The third-order valence-corrected chi connectivity index (χ3v) is 1.45. The van der Waals surface area contributed by atoms with E-state index in [4.69, 9.17) is 0 Å². The van der Waals surface area contributed by atoms with Gasteiger partial charge in [-0.1, -0.05) is 0 Å². The second kappa shape index (κ2) is 8.02. The van der Waals surface area contributed by atoms with E-state index in [0.717, 1.165) is 12.1 Å². The Morgan fingerprint density at radius 1 is 1.31 bits per heavy atom. The Morgan fingerprint density at radius 3 is 2.06 bits per heavy atom. The van der Waals surface area contributed by atoms with Crippen LogP contribution in [0, 0.1) is 7.43 Å². The summed E-state index contributed by atoms with van der Waals surface area (Å²) in [6.45, 7) is 1.25. The number of carbonyl (C=O) groups is 1. The fraction of sp³-hybridized carbons (Fsp3) is 0.222. The van der Waals surface area contributed by atoms with Crippen LogP contribution in [0.2, 0.25) is 0 Å². The Balaban J connectivity index is -0.000000563. The zero-order valence-electron chi connectivity index (χ0n) is 8.81. The summed E-state index contributed by atoms with van der Waals surface area (Å²) >= 11 is 0. The largest absolute Gasteiger partial charge is 2.00 e. The van der Waals surface area contributed by atoms with E-state index in [2.05, 4.69) is 4.98 Å². The van der Waals surface area contributed by atoms with Crippen molar-refractivity contribution in [2.24, 2.45) is 0 Å². The first-order chi connectivity index (χ1) is 5.91. The number of Topliss-reactive ketones (excluding diaryl/α,β-unsaturated/α-hetero) is 1. The Kier molecular flexibility index (Phi) is 10.6. The van der Waals surface area contributed by atoms with Gasteiger partial charge >= 0.3 is 29.2 Å². The van der Waals surface area contributed by atoms with E-state index in [1.54, 1.807) is 0 Å². The molecule has 2 nitrogen and oxygen atoms in total. The van der Waals surface area contributed by atoms with Gasteiger partial charge in [-0.15, -0.1) is 0 Å². The molecule has 7 heteroatoms. The summed E-state index contributed by atoms with van der Waals surface area (Å²) in [5.74, 6) is -0.353. The number of hydrogen-bond donors (Lipinski definition) is 0. The topological polar surface area (TPSA) is 30.0 Å². The van der Waals surface area contributed by atoms with Gasteiger partial charge in [0, 0.05) is 13.1 Å². The predicted octanol–water partition coefficient (Wildman–Crippen LogP) is -0.624. The van der Waals surface area contributed by atoms with Crippen LogP contribution in [-0.2, 0) is 6.18 Å². The first kappa shape index (κ1) is 21.2.